The summed E-state index contributed by atoms with van der Waals surface area (Å²) >= 11 is 0. The zero-order valence-corrected chi connectivity index (χ0v) is 18.5. The quantitative estimate of drug-likeness (QED) is 0.476. The van der Waals surface area contributed by atoms with E-state index in [2.05, 4.69) is 12.2 Å². The normalized spacial score (nSPS) is 12.1. The Balaban J connectivity index is 1.56. The molecular weight excluding hydrogens is 384 g/mol. The van der Waals surface area contributed by atoms with Crippen molar-refractivity contribution in [3.63, 3.8) is 0 Å². The van der Waals surface area contributed by atoms with E-state index in [1.165, 1.54) is 0 Å². The average Bonchev–Trinajstić information content (AvgIpc) is 3.11. The molecule has 0 spiro atoms. The zero-order chi connectivity index (χ0) is 22.0. The van der Waals surface area contributed by atoms with Gasteiger partial charge in [-0.05, 0) is 62.9 Å². The number of amides is 1. The number of carbonyl (C=O) groups excluding carboxylic acids is 1. The summed E-state index contributed by atoms with van der Waals surface area (Å²) in [7, 11) is 0. The second kappa shape index (κ2) is 8.72. The van der Waals surface area contributed by atoms with E-state index in [1.54, 1.807) is 0 Å². The van der Waals surface area contributed by atoms with Gasteiger partial charge in [-0.1, -0.05) is 48.5 Å². The highest BCUT2D eigenvalue weighted by molar-refractivity contribution is 5.85. The predicted molar refractivity (Wildman–Crippen MR) is 124 cm³/mol. The molecular formula is C26H28N4O. The number of benzene rings is 2. The number of carbonyl (C=O) groups is 1. The van der Waals surface area contributed by atoms with Gasteiger partial charge in [0.05, 0.1) is 17.4 Å². The Morgan fingerprint density at radius 3 is 2.29 bits per heavy atom. The molecule has 5 nitrogen and oxygen atoms in total. The van der Waals surface area contributed by atoms with Gasteiger partial charge in [0.15, 0.2) is 5.65 Å². The van der Waals surface area contributed by atoms with Crippen molar-refractivity contribution in [1.82, 2.24) is 20.1 Å². The Morgan fingerprint density at radius 2 is 1.61 bits per heavy atom. The number of para-hydroxylation sites is 1. The molecule has 2 aromatic heterocycles. The van der Waals surface area contributed by atoms with Crippen LogP contribution in [-0.2, 0) is 11.2 Å². The molecule has 158 valence electrons. The number of rotatable bonds is 6. The Morgan fingerprint density at radius 1 is 0.968 bits per heavy atom. The number of pyridine rings is 1. The molecule has 0 aliphatic rings. The van der Waals surface area contributed by atoms with E-state index in [4.69, 9.17) is 10.1 Å². The number of hydrogen-bond donors (Lipinski definition) is 1. The zero-order valence-electron chi connectivity index (χ0n) is 18.5. The lowest BCUT2D eigenvalue weighted by molar-refractivity contribution is -0.121. The molecule has 1 amide bonds. The third-order valence-corrected chi connectivity index (χ3v) is 5.85. The largest absolute Gasteiger partial charge is 0.350 e. The fourth-order valence-corrected chi connectivity index (χ4v) is 4.20. The third kappa shape index (κ3) is 4.22. The third-order valence-electron chi connectivity index (χ3n) is 5.85. The first-order valence-electron chi connectivity index (χ1n) is 10.7. The Labute approximate surface area is 183 Å². The van der Waals surface area contributed by atoms with E-state index in [1.807, 2.05) is 86.1 Å². The maximum Gasteiger partial charge on any atom is 0.220 e. The summed E-state index contributed by atoms with van der Waals surface area (Å²) in [6.07, 6.45) is 1.09. The predicted octanol–water partition coefficient (Wildman–Crippen LogP) is 5.16. The topological polar surface area (TPSA) is 59.8 Å². The molecule has 1 N–H and O–H groups in total. The molecule has 0 aliphatic heterocycles. The Hall–Kier alpha value is -3.47. The summed E-state index contributed by atoms with van der Waals surface area (Å²) in [5, 5.41) is 8.92. The van der Waals surface area contributed by atoms with Gasteiger partial charge in [-0.2, -0.15) is 5.10 Å². The summed E-state index contributed by atoms with van der Waals surface area (Å²) in [6, 6.07) is 20.1. The standard InChI is InChI=1S/C26H28N4O/c1-17-23(15-16-24(31)27-18(2)21-11-7-5-8-12-21)19(3)28-26-25(17)20(4)29-30(26)22-13-9-6-10-14-22/h5-14,18H,15-16H2,1-4H3,(H,27,31)/t18-/m1/s1. The molecule has 0 radical (unpaired) electrons. The number of aromatic nitrogens is 3. The Bertz CT molecular complexity index is 1210. The fraction of sp³-hybridized carbons (Fsp3) is 0.269. The number of nitrogens with zero attached hydrogens (tertiary/aromatic N) is 3. The number of nitrogens with one attached hydrogen (secondary N) is 1. The molecule has 1 atom stereocenters. The van der Waals surface area contributed by atoms with Crippen LogP contribution in [0.15, 0.2) is 60.7 Å². The first-order chi connectivity index (χ1) is 15.0. The van der Waals surface area contributed by atoms with Gasteiger partial charge in [0, 0.05) is 17.5 Å². The highest BCUT2D eigenvalue weighted by Crippen LogP contribution is 2.28. The fourth-order valence-electron chi connectivity index (χ4n) is 4.20. The van der Waals surface area contributed by atoms with E-state index in [-0.39, 0.29) is 11.9 Å². The lowest BCUT2D eigenvalue weighted by Gasteiger charge is -2.15. The van der Waals surface area contributed by atoms with Gasteiger partial charge in [-0.15, -0.1) is 0 Å². The van der Waals surface area contributed by atoms with Crippen LogP contribution in [0, 0.1) is 20.8 Å². The molecule has 5 heteroatoms. The molecule has 0 aliphatic carbocycles. The highest BCUT2D eigenvalue weighted by Gasteiger charge is 2.18. The number of hydrogen-bond acceptors (Lipinski definition) is 3. The summed E-state index contributed by atoms with van der Waals surface area (Å²) in [5.41, 5.74) is 7.16. The van der Waals surface area contributed by atoms with Crippen LogP contribution in [0.4, 0.5) is 0 Å². The van der Waals surface area contributed by atoms with Gasteiger partial charge in [0.25, 0.3) is 0 Å². The van der Waals surface area contributed by atoms with Crippen LogP contribution < -0.4 is 5.32 Å². The van der Waals surface area contributed by atoms with Gasteiger partial charge in [0.1, 0.15) is 0 Å². The van der Waals surface area contributed by atoms with Crippen LogP contribution in [0.1, 0.15) is 47.5 Å². The summed E-state index contributed by atoms with van der Waals surface area (Å²) in [5.74, 6) is 0.0481. The van der Waals surface area contributed by atoms with Gasteiger partial charge in [-0.3, -0.25) is 4.79 Å². The molecule has 4 aromatic rings. The van der Waals surface area contributed by atoms with Gasteiger partial charge in [-0.25, -0.2) is 9.67 Å². The van der Waals surface area contributed by atoms with Crippen molar-refractivity contribution in [2.75, 3.05) is 0 Å². The minimum atomic E-state index is -0.0113. The summed E-state index contributed by atoms with van der Waals surface area (Å²) in [6.45, 7) is 8.16. The number of fused-ring (bicyclic) bond motifs is 1. The maximum absolute atomic E-state index is 12.6. The van der Waals surface area contributed by atoms with Crippen LogP contribution in [0.5, 0.6) is 0 Å². The van der Waals surface area contributed by atoms with Crippen molar-refractivity contribution < 1.29 is 4.79 Å². The summed E-state index contributed by atoms with van der Waals surface area (Å²) < 4.78 is 1.91. The van der Waals surface area contributed by atoms with Crippen LogP contribution in [0.3, 0.4) is 0 Å². The van der Waals surface area contributed by atoms with E-state index in [0.29, 0.717) is 12.8 Å². The van der Waals surface area contributed by atoms with Crippen LogP contribution >= 0.6 is 0 Å². The van der Waals surface area contributed by atoms with Gasteiger partial charge < -0.3 is 5.32 Å². The molecule has 0 saturated heterocycles. The molecule has 0 unspecified atom stereocenters. The monoisotopic (exact) mass is 412 g/mol. The van der Waals surface area contributed by atoms with E-state index in [9.17, 15) is 4.79 Å². The van der Waals surface area contributed by atoms with Crippen molar-refractivity contribution in [1.29, 1.82) is 0 Å². The molecule has 2 aromatic carbocycles. The Kier molecular flexibility index (Phi) is 5.85. The van der Waals surface area contributed by atoms with Crippen molar-refractivity contribution >= 4 is 16.9 Å². The summed E-state index contributed by atoms with van der Waals surface area (Å²) in [4.78, 5) is 17.5. The first-order valence-corrected chi connectivity index (χ1v) is 10.7. The van der Waals surface area contributed by atoms with Gasteiger partial charge >= 0.3 is 0 Å². The van der Waals surface area contributed by atoms with E-state index in [0.717, 1.165) is 44.8 Å². The van der Waals surface area contributed by atoms with Crippen LogP contribution in [0.25, 0.3) is 16.7 Å². The smallest absolute Gasteiger partial charge is 0.220 e. The SMILES string of the molecule is Cc1nc2c(c(C)nn2-c2ccccc2)c(C)c1CCC(=O)N[C@H](C)c1ccccc1. The first kappa shape index (κ1) is 20.8. The maximum atomic E-state index is 12.6. The minimum Gasteiger partial charge on any atom is -0.350 e. The van der Waals surface area contributed by atoms with Crippen molar-refractivity contribution in [3.05, 3.63) is 88.7 Å². The molecule has 31 heavy (non-hydrogen) atoms. The minimum absolute atomic E-state index is 0.0113. The van der Waals surface area contributed by atoms with Crippen molar-refractivity contribution in [2.45, 2.75) is 46.6 Å². The molecule has 0 saturated carbocycles. The van der Waals surface area contributed by atoms with Crippen LogP contribution in [0.2, 0.25) is 0 Å². The second-order valence-corrected chi connectivity index (χ2v) is 8.03. The van der Waals surface area contributed by atoms with Crippen LogP contribution in [-0.4, -0.2) is 20.7 Å². The van der Waals surface area contributed by atoms with E-state index >= 15 is 0 Å². The number of aryl methyl sites for hydroxylation is 3. The van der Waals surface area contributed by atoms with E-state index < -0.39 is 0 Å². The molecule has 4 rings (SSSR count). The molecule has 0 bridgehead atoms. The van der Waals surface area contributed by atoms with Crippen molar-refractivity contribution in [2.24, 2.45) is 0 Å². The van der Waals surface area contributed by atoms with Crippen molar-refractivity contribution in [3.8, 4) is 5.69 Å². The second-order valence-electron chi connectivity index (χ2n) is 8.03. The lowest BCUT2D eigenvalue weighted by Crippen LogP contribution is -2.27. The van der Waals surface area contributed by atoms with Gasteiger partial charge in [0.2, 0.25) is 5.91 Å². The molecule has 0 fully saturated rings. The highest BCUT2D eigenvalue weighted by atomic mass is 16.1. The average molecular weight is 413 g/mol. The molecule has 2 heterocycles. The lowest BCUT2D eigenvalue weighted by atomic mass is 9.99.